The van der Waals surface area contributed by atoms with Crippen molar-refractivity contribution in [3.05, 3.63) is 35.9 Å². The summed E-state index contributed by atoms with van der Waals surface area (Å²) in [5.41, 5.74) is 0.767. The van der Waals surface area contributed by atoms with Crippen LogP contribution < -0.4 is 5.32 Å². The van der Waals surface area contributed by atoms with Crippen LogP contribution in [0.4, 0.5) is 0 Å². The molecule has 2 atom stereocenters. The molecule has 2 aliphatic rings. The molecule has 2 aliphatic heterocycles. The van der Waals surface area contributed by atoms with Gasteiger partial charge in [-0.2, -0.15) is 0 Å². The van der Waals surface area contributed by atoms with Crippen LogP contribution in [0.2, 0.25) is 0 Å². The van der Waals surface area contributed by atoms with Crippen molar-refractivity contribution in [2.45, 2.75) is 30.9 Å². The summed E-state index contributed by atoms with van der Waals surface area (Å²) in [5.74, 6) is 0. The maximum atomic E-state index is 10.3. The molecule has 0 aliphatic carbocycles. The van der Waals surface area contributed by atoms with E-state index in [1.54, 1.807) is 0 Å². The van der Waals surface area contributed by atoms with Gasteiger partial charge in [-0.1, -0.05) is 30.3 Å². The van der Waals surface area contributed by atoms with Crippen molar-refractivity contribution in [1.82, 2.24) is 10.2 Å². The van der Waals surface area contributed by atoms with Crippen LogP contribution in [0.3, 0.4) is 0 Å². The molecule has 2 heterocycles. The Morgan fingerprint density at radius 3 is 2.95 bits per heavy atom. The molecule has 0 saturated carbocycles. The Morgan fingerprint density at radius 2 is 2.19 bits per heavy atom. The highest BCUT2D eigenvalue weighted by molar-refractivity contribution is 5.14. The molecular weight excluding hydrogens is 264 g/mol. The van der Waals surface area contributed by atoms with E-state index in [1.807, 2.05) is 0 Å². The number of rotatable bonds is 6. The number of hydrogen-bond donors (Lipinski definition) is 2. The monoisotopic (exact) mass is 290 g/mol. The number of hydrogen-bond acceptors (Lipinski definition) is 4. The van der Waals surface area contributed by atoms with Crippen LogP contribution in [0, 0.1) is 0 Å². The zero-order valence-electron chi connectivity index (χ0n) is 12.6. The summed E-state index contributed by atoms with van der Waals surface area (Å²) < 4.78 is 5.28. The maximum absolute atomic E-state index is 10.3. The fraction of sp³-hybridized carbons (Fsp3) is 0.647. The summed E-state index contributed by atoms with van der Waals surface area (Å²) in [6, 6.07) is 11.2. The molecule has 116 valence electrons. The fourth-order valence-electron chi connectivity index (χ4n) is 3.20. The lowest BCUT2D eigenvalue weighted by Gasteiger charge is -2.24. The number of aliphatic hydroxyl groups is 1. The van der Waals surface area contributed by atoms with Crippen LogP contribution in [0.15, 0.2) is 30.3 Å². The molecule has 0 radical (unpaired) electrons. The van der Waals surface area contributed by atoms with E-state index in [0.29, 0.717) is 25.8 Å². The van der Waals surface area contributed by atoms with Gasteiger partial charge >= 0.3 is 0 Å². The smallest absolute Gasteiger partial charge is 0.102 e. The van der Waals surface area contributed by atoms with Gasteiger partial charge in [0.1, 0.15) is 5.60 Å². The van der Waals surface area contributed by atoms with Crippen molar-refractivity contribution in [2.24, 2.45) is 0 Å². The van der Waals surface area contributed by atoms with Crippen molar-refractivity contribution in [1.29, 1.82) is 0 Å². The highest BCUT2D eigenvalue weighted by Gasteiger charge is 2.33. The van der Waals surface area contributed by atoms with Crippen LogP contribution in [0.5, 0.6) is 0 Å². The third kappa shape index (κ3) is 4.27. The molecule has 0 aromatic heterocycles. The average molecular weight is 290 g/mol. The predicted octanol–water partition coefficient (Wildman–Crippen LogP) is 1.04. The molecule has 0 amide bonds. The van der Waals surface area contributed by atoms with Crippen LogP contribution in [-0.4, -0.2) is 61.0 Å². The zero-order chi connectivity index (χ0) is 14.5. The first-order valence-corrected chi connectivity index (χ1v) is 8.03. The third-order valence-corrected chi connectivity index (χ3v) is 4.63. The van der Waals surface area contributed by atoms with E-state index in [2.05, 4.69) is 40.5 Å². The minimum Gasteiger partial charge on any atom is -0.386 e. The SMILES string of the molecule is OC1(CNC2CCN(CCc3ccccc3)C2)CCOC1. The van der Waals surface area contributed by atoms with E-state index in [-0.39, 0.29) is 0 Å². The standard InChI is InChI=1S/C17H26N2O2/c20-17(8-11-21-14-17)13-18-16-7-10-19(12-16)9-6-15-4-2-1-3-5-15/h1-5,16,18,20H,6-14H2. The number of nitrogens with one attached hydrogen (secondary N) is 1. The molecule has 1 aromatic rings. The molecule has 4 heteroatoms. The second kappa shape index (κ2) is 6.88. The van der Waals surface area contributed by atoms with Gasteiger partial charge in [-0.05, 0) is 24.9 Å². The van der Waals surface area contributed by atoms with Crippen LogP contribution in [0.1, 0.15) is 18.4 Å². The molecule has 1 aromatic carbocycles. The Labute approximate surface area is 127 Å². The van der Waals surface area contributed by atoms with Crippen molar-refractivity contribution >= 4 is 0 Å². The van der Waals surface area contributed by atoms with E-state index in [9.17, 15) is 5.11 Å². The summed E-state index contributed by atoms with van der Waals surface area (Å²) >= 11 is 0. The molecule has 3 rings (SSSR count). The molecule has 2 fully saturated rings. The van der Waals surface area contributed by atoms with Gasteiger partial charge in [0.25, 0.3) is 0 Å². The van der Waals surface area contributed by atoms with Gasteiger partial charge < -0.3 is 20.1 Å². The molecule has 0 spiro atoms. The van der Waals surface area contributed by atoms with E-state index >= 15 is 0 Å². The summed E-state index contributed by atoms with van der Waals surface area (Å²) in [6.07, 6.45) is 3.04. The van der Waals surface area contributed by atoms with Gasteiger partial charge in [-0.25, -0.2) is 0 Å². The lowest BCUT2D eigenvalue weighted by atomic mass is 10.0. The number of nitrogens with zero attached hydrogens (tertiary/aromatic N) is 1. The van der Waals surface area contributed by atoms with Gasteiger partial charge in [0.05, 0.1) is 6.61 Å². The number of likely N-dealkylation sites (tertiary alicyclic amines) is 1. The highest BCUT2D eigenvalue weighted by Crippen LogP contribution is 2.18. The molecular formula is C17H26N2O2. The first-order valence-electron chi connectivity index (χ1n) is 8.03. The van der Waals surface area contributed by atoms with Crippen molar-refractivity contribution in [3.63, 3.8) is 0 Å². The second-order valence-electron chi connectivity index (χ2n) is 6.43. The van der Waals surface area contributed by atoms with E-state index in [1.165, 1.54) is 12.0 Å². The van der Waals surface area contributed by atoms with E-state index in [0.717, 1.165) is 32.5 Å². The summed E-state index contributed by atoms with van der Waals surface area (Å²) in [5, 5.41) is 13.8. The van der Waals surface area contributed by atoms with Gasteiger partial charge in [0.15, 0.2) is 0 Å². The van der Waals surface area contributed by atoms with Gasteiger partial charge in [0, 0.05) is 38.7 Å². The number of benzene rings is 1. The Morgan fingerprint density at radius 1 is 1.33 bits per heavy atom. The van der Waals surface area contributed by atoms with Crippen molar-refractivity contribution in [2.75, 3.05) is 39.4 Å². The third-order valence-electron chi connectivity index (χ3n) is 4.63. The Hall–Kier alpha value is -0.940. The van der Waals surface area contributed by atoms with Gasteiger partial charge in [-0.3, -0.25) is 0 Å². The lowest BCUT2D eigenvalue weighted by molar-refractivity contribution is 0.0250. The van der Waals surface area contributed by atoms with Gasteiger partial charge in [-0.15, -0.1) is 0 Å². The molecule has 2 saturated heterocycles. The lowest BCUT2D eigenvalue weighted by Crippen LogP contribution is -2.45. The molecule has 21 heavy (non-hydrogen) atoms. The maximum Gasteiger partial charge on any atom is 0.102 e. The summed E-state index contributed by atoms with van der Waals surface area (Å²) in [7, 11) is 0. The Kier molecular flexibility index (Phi) is 4.91. The first-order chi connectivity index (χ1) is 10.2. The molecule has 2 unspecified atom stereocenters. The minimum atomic E-state index is -0.641. The predicted molar refractivity (Wildman–Crippen MR) is 83.4 cm³/mol. The van der Waals surface area contributed by atoms with E-state index < -0.39 is 5.60 Å². The average Bonchev–Trinajstić information content (AvgIpc) is 3.14. The normalized spacial score (nSPS) is 30.0. The topological polar surface area (TPSA) is 44.7 Å². The van der Waals surface area contributed by atoms with Crippen LogP contribution in [0.25, 0.3) is 0 Å². The second-order valence-corrected chi connectivity index (χ2v) is 6.43. The molecule has 0 bridgehead atoms. The fourth-order valence-corrected chi connectivity index (χ4v) is 3.20. The minimum absolute atomic E-state index is 0.477. The largest absolute Gasteiger partial charge is 0.386 e. The van der Waals surface area contributed by atoms with Crippen LogP contribution >= 0.6 is 0 Å². The number of ether oxygens (including phenoxy) is 1. The quantitative estimate of drug-likeness (QED) is 0.822. The van der Waals surface area contributed by atoms with Crippen LogP contribution in [-0.2, 0) is 11.2 Å². The summed E-state index contributed by atoms with van der Waals surface area (Å²) in [4.78, 5) is 2.51. The first kappa shape index (κ1) is 15.0. The highest BCUT2D eigenvalue weighted by atomic mass is 16.5. The molecule has 4 nitrogen and oxygen atoms in total. The molecule has 2 N–H and O–H groups in total. The van der Waals surface area contributed by atoms with E-state index in [4.69, 9.17) is 4.74 Å². The zero-order valence-corrected chi connectivity index (χ0v) is 12.6. The summed E-state index contributed by atoms with van der Waals surface area (Å²) in [6.45, 7) is 5.18. The van der Waals surface area contributed by atoms with Gasteiger partial charge in [0.2, 0.25) is 0 Å². The Bertz CT molecular complexity index is 432. The van der Waals surface area contributed by atoms with Crippen molar-refractivity contribution < 1.29 is 9.84 Å². The van der Waals surface area contributed by atoms with Crippen molar-refractivity contribution in [3.8, 4) is 0 Å². The Balaban J connectivity index is 1.37.